The van der Waals surface area contributed by atoms with Gasteiger partial charge in [0.1, 0.15) is 34.7 Å². The van der Waals surface area contributed by atoms with Gasteiger partial charge in [-0.05, 0) is 88.8 Å². The van der Waals surface area contributed by atoms with Crippen molar-refractivity contribution in [3.8, 4) is 5.75 Å². The van der Waals surface area contributed by atoms with Gasteiger partial charge in [0.15, 0.2) is 0 Å². The lowest BCUT2D eigenvalue weighted by atomic mass is 9.85. The Kier molecular flexibility index (Phi) is 10.8. The van der Waals surface area contributed by atoms with Crippen LogP contribution >= 0.6 is 0 Å². The number of alkyl carbamates (subject to hydrolysis) is 1. The molecule has 0 spiro atoms. The van der Waals surface area contributed by atoms with Crippen molar-refractivity contribution in [2.45, 2.75) is 117 Å². The molecule has 1 aliphatic heterocycles. The molecule has 2 aromatic rings. The summed E-state index contributed by atoms with van der Waals surface area (Å²) in [6, 6.07) is 3.77. The minimum Gasteiger partial charge on any atom is -0.497 e. The molecule has 4 rings (SSSR count). The number of aromatic amines is 1. The fraction of sp³-hybridized carbons (Fsp3) is 0.639. The summed E-state index contributed by atoms with van der Waals surface area (Å²) in [6.07, 6.45) is 7.63. The Morgan fingerprint density at radius 2 is 1.91 bits per heavy atom. The predicted molar refractivity (Wildman–Crippen MR) is 181 cm³/mol. The summed E-state index contributed by atoms with van der Waals surface area (Å²) in [5.41, 5.74) is -0.481. The zero-order valence-corrected chi connectivity index (χ0v) is 29.4. The summed E-state index contributed by atoms with van der Waals surface area (Å²) in [5.74, 6) is 0.0760. The summed E-state index contributed by atoms with van der Waals surface area (Å²) in [6.45, 7) is 15.5. The molecule has 258 valence electrons. The van der Waals surface area contributed by atoms with Gasteiger partial charge in [-0.25, -0.2) is 14.6 Å². The van der Waals surface area contributed by atoms with Gasteiger partial charge in [0, 0.05) is 18.5 Å². The van der Waals surface area contributed by atoms with E-state index in [1.54, 1.807) is 30.2 Å². The number of hydrogen-bond donors (Lipinski definition) is 2. The third kappa shape index (κ3) is 8.73. The van der Waals surface area contributed by atoms with Crippen molar-refractivity contribution in [1.82, 2.24) is 20.2 Å². The van der Waals surface area contributed by atoms with Gasteiger partial charge in [0.05, 0.1) is 18.1 Å². The van der Waals surface area contributed by atoms with Crippen LogP contribution in [0.15, 0.2) is 29.1 Å². The Balaban J connectivity index is 1.32. The average Bonchev–Trinajstić information content (AvgIpc) is 3.51. The highest BCUT2D eigenvalue weighted by Gasteiger charge is 2.56. The first kappa shape index (κ1) is 36.0. The van der Waals surface area contributed by atoms with Crippen molar-refractivity contribution in [1.29, 1.82) is 0 Å². The fourth-order valence-corrected chi connectivity index (χ4v) is 6.41. The van der Waals surface area contributed by atoms with Gasteiger partial charge in [-0.3, -0.25) is 9.59 Å². The van der Waals surface area contributed by atoms with E-state index in [0.717, 1.165) is 25.7 Å². The standard InChI is InChI=1S/C36H52N4O7/c1-10-36(21-23(36)14-12-11-13-15-26-30(41)38-27-20-24(45-9)16-17-25(27)37-26)47-33(44)39-29(34(3,4)5)31(42)40-19-18-22(2)28(40)32(43)46-35(6,7)8/h13,15-17,20,22-23,28-29H,10-12,14,18-19,21H2,1-9H3,(H,38,41)(H,39,44)/b15-13+/t22?,23?,28?,29-,36?/m1/s1. The number of nitrogens with one attached hydrogen (secondary N) is 2. The van der Waals surface area contributed by atoms with Gasteiger partial charge in [0.2, 0.25) is 5.91 Å². The van der Waals surface area contributed by atoms with Crippen LogP contribution in [0.1, 0.15) is 99.6 Å². The van der Waals surface area contributed by atoms with Crippen molar-refractivity contribution < 1.29 is 28.6 Å². The van der Waals surface area contributed by atoms with Gasteiger partial charge < -0.3 is 29.4 Å². The van der Waals surface area contributed by atoms with E-state index in [0.29, 0.717) is 41.9 Å². The van der Waals surface area contributed by atoms with Crippen LogP contribution < -0.4 is 15.6 Å². The van der Waals surface area contributed by atoms with Crippen LogP contribution in [0, 0.1) is 17.3 Å². The summed E-state index contributed by atoms with van der Waals surface area (Å²) in [5, 5.41) is 2.86. The normalized spacial score (nSPS) is 23.5. The molecule has 2 amide bonds. The molecule has 2 heterocycles. The molecule has 2 N–H and O–H groups in total. The number of likely N-dealkylation sites (tertiary alicyclic amines) is 1. The first-order valence-electron chi connectivity index (χ1n) is 16.8. The summed E-state index contributed by atoms with van der Waals surface area (Å²) >= 11 is 0. The molecule has 1 saturated carbocycles. The van der Waals surface area contributed by atoms with Crippen molar-refractivity contribution in [3.05, 3.63) is 40.3 Å². The van der Waals surface area contributed by atoms with Crippen LogP contribution in [0.3, 0.4) is 0 Å². The number of amides is 2. The van der Waals surface area contributed by atoms with E-state index < -0.39 is 40.8 Å². The number of benzene rings is 1. The first-order chi connectivity index (χ1) is 22.0. The maximum absolute atomic E-state index is 13.9. The highest BCUT2D eigenvalue weighted by Crippen LogP contribution is 2.52. The van der Waals surface area contributed by atoms with E-state index in [4.69, 9.17) is 14.2 Å². The molecule has 11 heteroatoms. The lowest BCUT2D eigenvalue weighted by Crippen LogP contribution is -2.58. The van der Waals surface area contributed by atoms with Crippen LogP contribution in [0.4, 0.5) is 4.79 Å². The lowest BCUT2D eigenvalue weighted by Gasteiger charge is -2.36. The monoisotopic (exact) mass is 652 g/mol. The van der Waals surface area contributed by atoms with E-state index in [9.17, 15) is 19.2 Å². The number of esters is 1. The van der Waals surface area contributed by atoms with Gasteiger partial charge in [-0.2, -0.15) is 0 Å². The van der Waals surface area contributed by atoms with E-state index in [-0.39, 0.29) is 23.3 Å². The van der Waals surface area contributed by atoms with Crippen molar-refractivity contribution in [2.24, 2.45) is 17.3 Å². The zero-order valence-electron chi connectivity index (χ0n) is 29.4. The fourth-order valence-electron chi connectivity index (χ4n) is 6.41. The van der Waals surface area contributed by atoms with Crippen molar-refractivity contribution >= 4 is 35.1 Å². The van der Waals surface area contributed by atoms with E-state index in [2.05, 4.69) is 15.3 Å². The molecule has 2 aliphatic rings. The molecule has 11 nitrogen and oxygen atoms in total. The number of nitrogens with zero attached hydrogens (tertiary/aromatic N) is 2. The molecular weight excluding hydrogens is 600 g/mol. The van der Waals surface area contributed by atoms with Crippen LogP contribution in [0.5, 0.6) is 5.75 Å². The van der Waals surface area contributed by atoms with E-state index in [1.807, 2.05) is 67.5 Å². The van der Waals surface area contributed by atoms with E-state index in [1.165, 1.54) is 0 Å². The number of allylic oxidation sites excluding steroid dienone is 1. The van der Waals surface area contributed by atoms with Gasteiger partial charge in [-0.15, -0.1) is 0 Å². The first-order valence-corrected chi connectivity index (χ1v) is 16.8. The number of hydrogen-bond acceptors (Lipinski definition) is 8. The predicted octanol–water partition coefficient (Wildman–Crippen LogP) is 6.00. The number of ether oxygens (including phenoxy) is 3. The maximum atomic E-state index is 13.9. The highest BCUT2D eigenvalue weighted by atomic mass is 16.6. The number of methoxy groups -OCH3 is 1. The second-order valence-electron chi connectivity index (χ2n) is 15.1. The molecule has 0 radical (unpaired) electrons. The summed E-state index contributed by atoms with van der Waals surface area (Å²) < 4.78 is 16.9. The number of carbonyl (C=O) groups is 3. The lowest BCUT2D eigenvalue weighted by molar-refractivity contribution is -0.165. The van der Waals surface area contributed by atoms with Crippen LogP contribution in [-0.2, 0) is 19.1 Å². The number of carbonyl (C=O) groups excluding carboxylic acids is 3. The van der Waals surface area contributed by atoms with E-state index >= 15 is 0 Å². The molecule has 5 atom stereocenters. The molecule has 1 aliphatic carbocycles. The van der Waals surface area contributed by atoms with Crippen molar-refractivity contribution in [2.75, 3.05) is 13.7 Å². The molecule has 0 bridgehead atoms. The molecule has 2 fully saturated rings. The summed E-state index contributed by atoms with van der Waals surface area (Å²) in [7, 11) is 1.57. The molecule has 47 heavy (non-hydrogen) atoms. The zero-order chi connectivity index (χ0) is 34.7. The third-order valence-corrected chi connectivity index (χ3v) is 9.20. The average molecular weight is 653 g/mol. The Morgan fingerprint density at radius 3 is 2.55 bits per heavy atom. The minimum atomic E-state index is -0.879. The maximum Gasteiger partial charge on any atom is 0.408 e. The van der Waals surface area contributed by atoms with Crippen LogP contribution in [0.25, 0.3) is 17.1 Å². The number of aromatic nitrogens is 2. The quantitative estimate of drug-likeness (QED) is 0.222. The second-order valence-corrected chi connectivity index (χ2v) is 15.1. The smallest absolute Gasteiger partial charge is 0.408 e. The van der Waals surface area contributed by atoms with Gasteiger partial charge >= 0.3 is 12.1 Å². The highest BCUT2D eigenvalue weighted by molar-refractivity contribution is 5.91. The number of fused-ring (bicyclic) bond motifs is 1. The Hall–Kier alpha value is -3.89. The largest absolute Gasteiger partial charge is 0.497 e. The third-order valence-electron chi connectivity index (χ3n) is 9.20. The number of H-pyrrole nitrogens is 1. The molecule has 1 aromatic heterocycles. The van der Waals surface area contributed by atoms with Gasteiger partial charge in [0.25, 0.3) is 5.56 Å². The topological polar surface area (TPSA) is 140 Å². The number of unbranched alkanes of at least 4 members (excludes halogenated alkanes) is 1. The number of rotatable bonds is 11. The summed E-state index contributed by atoms with van der Waals surface area (Å²) in [4.78, 5) is 61.7. The molecular formula is C36H52N4O7. The molecule has 1 aromatic carbocycles. The molecule has 1 saturated heterocycles. The second kappa shape index (κ2) is 14.1. The molecule has 4 unspecified atom stereocenters. The van der Waals surface area contributed by atoms with Gasteiger partial charge in [-0.1, -0.05) is 40.7 Å². The van der Waals surface area contributed by atoms with Crippen LogP contribution in [0.2, 0.25) is 0 Å². The van der Waals surface area contributed by atoms with Crippen molar-refractivity contribution in [3.63, 3.8) is 0 Å². The Morgan fingerprint density at radius 1 is 1.19 bits per heavy atom. The van der Waals surface area contributed by atoms with Crippen LogP contribution in [-0.4, -0.2) is 69.8 Å². The SMILES string of the molecule is CCC1(OC(=O)N[C@H](C(=O)N2CCC(C)C2C(=O)OC(C)(C)C)C(C)(C)C)CC1CCC/C=C/c1nc2ccc(OC)cc2[nH]c1=O. The Bertz CT molecular complexity index is 1550. The Labute approximate surface area is 277 Å². The minimum absolute atomic E-state index is 0.0547.